The molecule has 2 rings (SSSR count). The summed E-state index contributed by atoms with van der Waals surface area (Å²) in [6.07, 6.45) is 0. The molecule has 1 heterocycles. The second-order valence-electron chi connectivity index (χ2n) is 4.03. The van der Waals surface area contributed by atoms with Crippen molar-refractivity contribution < 1.29 is 9.47 Å². The number of methoxy groups -OCH3 is 2. The van der Waals surface area contributed by atoms with Gasteiger partial charge in [-0.15, -0.1) is 0 Å². The van der Waals surface area contributed by atoms with Crippen molar-refractivity contribution in [3.63, 3.8) is 0 Å². The molecular weight excluding hydrogens is 264 g/mol. The molecule has 4 nitrogen and oxygen atoms in total. The third-order valence-electron chi connectivity index (χ3n) is 2.88. The number of aryl methyl sites for hydroxylation is 1. The summed E-state index contributed by atoms with van der Waals surface area (Å²) in [5.74, 6) is 1.70. The molecule has 0 bridgehead atoms. The van der Waals surface area contributed by atoms with Crippen molar-refractivity contribution in [3.05, 3.63) is 35.0 Å². The van der Waals surface area contributed by atoms with Crippen LogP contribution in [0.5, 0.6) is 11.5 Å². The van der Waals surface area contributed by atoms with E-state index in [0.29, 0.717) is 27.9 Å². The fraction of sp³-hybridized carbons (Fsp3) is 0.214. The van der Waals surface area contributed by atoms with Crippen LogP contribution < -0.4 is 15.2 Å². The summed E-state index contributed by atoms with van der Waals surface area (Å²) in [6.45, 7) is 1.84. The quantitative estimate of drug-likeness (QED) is 0.936. The molecule has 0 saturated heterocycles. The molecule has 0 amide bonds. The predicted octanol–water partition coefficient (Wildman–Crippen LogP) is 3.31. The number of benzene rings is 1. The summed E-state index contributed by atoms with van der Waals surface area (Å²) in [5.41, 5.74) is 8.14. The van der Waals surface area contributed by atoms with Crippen molar-refractivity contribution >= 4 is 17.4 Å². The van der Waals surface area contributed by atoms with Gasteiger partial charge in [0.1, 0.15) is 17.3 Å². The van der Waals surface area contributed by atoms with E-state index in [9.17, 15) is 0 Å². The van der Waals surface area contributed by atoms with Gasteiger partial charge < -0.3 is 15.2 Å². The number of pyridine rings is 1. The molecule has 0 aliphatic heterocycles. The minimum absolute atomic E-state index is 0.393. The zero-order valence-electron chi connectivity index (χ0n) is 11.0. The van der Waals surface area contributed by atoms with Crippen molar-refractivity contribution in [1.29, 1.82) is 0 Å². The van der Waals surface area contributed by atoms with Gasteiger partial charge in [0.05, 0.1) is 24.9 Å². The number of nitrogen functional groups attached to an aromatic ring is 1. The highest BCUT2D eigenvalue weighted by atomic mass is 35.5. The van der Waals surface area contributed by atoms with E-state index >= 15 is 0 Å². The van der Waals surface area contributed by atoms with Gasteiger partial charge in [0.25, 0.3) is 0 Å². The van der Waals surface area contributed by atoms with E-state index in [1.807, 2.05) is 25.1 Å². The molecule has 0 fully saturated rings. The maximum Gasteiger partial charge on any atom is 0.140 e. The smallest absolute Gasteiger partial charge is 0.140 e. The summed E-state index contributed by atoms with van der Waals surface area (Å²) in [7, 11) is 3.18. The van der Waals surface area contributed by atoms with Crippen LogP contribution in [0.15, 0.2) is 24.3 Å². The fourth-order valence-electron chi connectivity index (χ4n) is 1.95. The Labute approximate surface area is 117 Å². The Kier molecular flexibility index (Phi) is 3.81. The lowest BCUT2D eigenvalue weighted by Crippen LogP contribution is -2.00. The van der Waals surface area contributed by atoms with E-state index < -0.39 is 0 Å². The molecule has 0 unspecified atom stereocenters. The first kappa shape index (κ1) is 13.5. The monoisotopic (exact) mass is 278 g/mol. The second-order valence-corrected chi connectivity index (χ2v) is 4.43. The van der Waals surface area contributed by atoms with E-state index in [1.54, 1.807) is 20.3 Å². The number of hydrogen-bond acceptors (Lipinski definition) is 4. The SMILES string of the molecule is COc1cc(-c2c(Cl)cccc2OC)c(N)nc1C. The minimum atomic E-state index is 0.393. The van der Waals surface area contributed by atoms with Crippen LogP contribution in [0.1, 0.15) is 5.69 Å². The van der Waals surface area contributed by atoms with Gasteiger partial charge in [0.2, 0.25) is 0 Å². The summed E-state index contributed by atoms with van der Waals surface area (Å²) in [5, 5.41) is 0.554. The number of anilines is 1. The largest absolute Gasteiger partial charge is 0.496 e. The van der Waals surface area contributed by atoms with Gasteiger partial charge in [-0.1, -0.05) is 17.7 Å². The van der Waals surface area contributed by atoms with Crippen molar-refractivity contribution in [2.45, 2.75) is 6.92 Å². The van der Waals surface area contributed by atoms with Gasteiger partial charge >= 0.3 is 0 Å². The van der Waals surface area contributed by atoms with Gasteiger partial charge in [0.15, 0.2) is 0 Å². The zero-order valence-corrected chi connectivity index (χ0v) is 11.8. The summed E-state index contributed by atoms with van der Waals surface area (Å²) < 4.78 is 10.6. The maximum atomic E-state index is 6.25. The van der Waals surface area contributed by atoms with E-state index in [4.69, 9.17) is 26.8 Å². The van der Waals surface area contributed by atoms with E-state index in [2.05, 4.69) is 4.98 Å². The van der Waals surface area contributed by atoms with Gasteiger partial charge in [-0.25, -0.2) is 4.98 Å². The molecule has 5 heteroatoms. The number of nitrogens with two attached hydrogens (primary N) is 1. The molecule has 2 aromatic rings. The molecule has 2 N–H and O–H groups in total. The lowest BCUT2D eigenvalue weighted by Gasteiger charge is -2.14. The van der Waals surface area contributed by atoms with E-state index in [1.165, 1.54) is 0 Å². The molecule has 1 aromatic heterocycles. The standard InChI is InChI=1S/C14H15ClN2O2/c1-8-12(19-3)7-9(14(16)17-8)13-10(15)5-4-6-11(13)18-2/h4-7H,1-3H3,(H2,16,17). The van der Waals surface area contributed by atoms with Crippen LogP contribution in [0.3, 0.4) is 0 Å². The van der Waals surface area contributed by atoms with Crippen LogP contribution in [0.25, 0.3) is 11.1 Å². The average molecular weight is 279 g/mol. The van der Waals surface area contributed by atoms with E-state index in [0.717, 1.165) is 11.3 Å². The predicted molar refractivity (Wildman–Crippen MR) is 76.9 cm³/mol. The third kappa shape index (κ3) is 2.44. The first-order valence-corrected chi connectivity index (χ1v) is 6.10. The van der Waals surface area contributed by atoms with Gasteiger partial charge in [0, 0.05) is 11.1 Å². The van der Waals surface area contributed by atoms with Crippen LogP contribution in [-0.4, -0.2) is 19.2 Å². The van der Waals surface area contributed by atoms with E-state index in [-0.39, 0.29) is 0 Å². The molecule has 0 spiro atoms. The number of halogens is 1. The molecule has 0 atom stereocenters. The van der Waals surface area contributed by atoms with Crippen molar-refractivity contribution in [1.82, 2.24) is 4.98 Å². The molecule has 100 valence electrons. The summed E-state index contributed by atoms with van der Waals surface area (Å²) in [4.78, 5) is 4.28. The zero-order chi connectivity index (χ0) is 14.0. The average Bonchev–Trinajstić information content (AvgIpc) is 2.39. The number of aromatic nitrogens is 1. The molecule has 0 aliphatic rings. The fourth-order valence-corrected chi connectivity index (χ4v) is 2.22. The van der Waals surface area contributed by atoms with Crippen LogP contribution in [-0.2, 0) is 0 Å². The molecule has 0 radical (unpaired) electrons. The normalized spacial score (nSPS) is 10.3. The Morgan fingerprint density at radius 1 is 1.16 bits per heavy atom. The van der Waals surface area contributed by atoms with Gasteiger partial charge in [-0.05, 0) is 25.1 Å². The van der Waals surface area contributed by atoms with Crippen LogP contribution in [0.4, 0.5) is 5.82 Å². The number of nitrogens with zero attached hydrogens (tertiary/aromatic N) is 1. The Balaban J connectivity index is 2.72. The summed E-state index contributed by atoms with van der Waals surface area (Å²) >= 11 is 6.25. The van der Waals surface area contributed by atoms with Gasteiger partial charge in [-0.2, -0.15) is 0 Å². The van der Waals surface area contributed by atoms with Crippen LogP contribution >= 0.6 is 11.6 Å². The number of ether oxygens (including phenoxy) is 2. The second kappa shape index (κ2) is 5.36. The Morgan fingerprint density at radius 3 is 2.47 bits per heavy atom. The molecule has 0 saturated carbocycles. The highest BCUT2D eigenvalue weighted by Gasteiger charge is 2.16. The van der Waals surface area contributed by atoms with Crippen LogP contribution in [0.2, 0.25) is 5.02 Å². The topological polar surface area (TPSA) is 57.4 Å². The Hall–Kier alpha value is -1.94. The highest BCUT2D eigenvalue weighted by molar-refractivity contribution is 6.33. The first-order chi connectivity index (χ1) is 9.08. The van der Waals surface area contributed by atoms with Crippen molar-refractivity contribution in [2.24, 2.45) is 0 Å². The Morgan fingerprint density at radius 2 is 1.84 bits per heavy atom. The highest BCUT2D eigenvalue weighted by Crippen LogP contribution is 2.40. The first-order valence-electron chi connectivity index (χ1n) is 5.72. The number of rotatable bonds is 3. The number of hydrogen-bond donors (Lipinski definition) is 1. The van der Waals surface area contributed by atoms with Gasteiger partial charge in [-0.3, -0.25) is 0 Å². The summed E-state index contributed by atoms with van der Waals surface area (Å²) in [6, 6.07) is 7.25. The van der Waals surface area contributed by atoms with Crippen LogP contribution in [0, 0.1) is 6.92 Å². The van der Waals surface area contributed by atoms with Crippen molar-refractivity contribution in [3.8, 4) is 22.6 Å². The minimum Gasteiger partial charge on any atom is -0.496 e. The third-order valence-corrected chi connectivity index (χ3v) is 3.20. The maximum absolute atomic E-state index is 6.25. The molecular formula is C14H15ClN2O2. The molecule has 19 heavy (non-hydrogen) atoms. The lowest BCUT2D eigenvalue weighted by atomic mass is 10.0. The molecule has 1 aromatic carbocycles. The Bertz CT molecular complexity index is 615. The molecule has 0 aliphatic carbocycles. The van der Waals surface area contributed by atoms with Crippen molar-refractivity contribution in [2.75, 3.05) is 20.0 Å². The lowest BCUT2D eigenvalue weighted by molar-refractivity contribution is 0.409.